The summed E-state index contributed by atoms with van der Waals surface area (Å²) in [5.74, 6) is 0.901. The largest absolute Gasteiger partial charge is 0.360 e. The molecule has 24 heavy (non-hydrogen) atoms. The minimum absolute atomic E-state index is 0.152. The van der Waals surface area contributed by atoms with Crippen LogP contribution in [0.4, 0.5) is 5.82 Å². The maximum absolute atomic E-state index is 12.6. The van der Waals surface area contributed by atoms with Crippen LogP contribution in [-0.4, -0.2) is 20.6 Å². The van der Waals surface area contributed by atoms with Crippen molar-refractivity contribution < 1.29 is 9.32 Å². The maximum Gasteiger partial charge on any atom is 0.261 e. The fraction of sp³-hybridized carbons (Fsp3) is 0.294. The van der Waals surface area contributed by atoms with Gasteiger partial charge in [-0.1, -0.05) is 19.0 Å². The van der Waals surface area contributed by atoms with E-state index in [-0.39, 0.29) is 11.5 Å². The summed E-state index contributed by atoms with van der Waals surface area (Å²) < 4.78 is 6.48. The van der Waals surface area contributed by atoms with Crippen molar-refractivity contribution in [3.63, 3.8) is 0 Å². The Morgan fingerprint density at radius 2 is 2.12 bits per heavy atom. The van der Waals surface area contributed by atoms with Gasteiger partial charge in [0.1, 0.15) is 5.76 Å². The molecule has 0 bridgehead atoms. The van der Waals surface area contributed by atoms with Crippen LogP contribution in [0.3, 0.4) is 0 Å². The molecule has 2 aromatic heterocycles. The number of hydrogen-bond donors (Lipinski definition) is 1. The third kappa shape index (κ3) is 3.19. The predicted octanol–water partition coefficient (Wildman–Crippen LogP) is 2.60. The molecule has 0 spiro atoms. The fourth-order valence-corrected chi connectivity index (χ4v) is 2.44. The van der Waals surface area contributed by atoms with Gasteiger partial charge >= 0.3 is 0 Å². The molecule has 0 saturated carbocycles. The van der Waals surface area contributed by atoms with Crippen molar-refractivity contribution in [1.82, 2.24) is 14.7 Å². The van der Waals surface area contributed by atoms with Gasteiger partial charge < -0.3 is 9.84 Å². The number of fused-ring (bicyclic) bond motifs is 1. The molecule has 2 heterocycles. The average Bonchev–Trinajstić information content (AvgIpc) is 2.94. The van der Waals surface area contributed by atoms with Gasteiger partial charge in [-0.3, -0.25) is 14.2 Å². The maximum atomic E-state index is 12.6. The topological polar surface area (TPSA) is 90.0 Å². The third-order valence-corrected chi connectivity index (χ3v) is 3.52. The first-order chi connectivity index (χ1) is 11.4. The number of benzene rings is 1. The van der Waals surface area contributed by atoms with Crippen LogP contribution in [-0.2, 0) is 6.54 Å². The van der Waals surface area contributed by atoms with E-state index in [1.165, 1.54) is 0 Å². The number of aromatic nitrogens is 3. The first-order valence-corrected chi connectivity index (χ1v) is 7.68. The van der Waals surface area contributed by atoms with Gasteiger partial charge in [-0.2, -0.15) is 0 Å². The van der Waals surface area contributed by atoms with Gasteiger partial charge in [-0.05, 0) is 31.0 Å². The van der Waals surface area contributed by atoms with Crippen molar-refractivity contribution in [2.24, 2.45) is 5.92 Å². The first-order valence-electron chi connectivity index (χ1n) is 7.68. The number of carbonyl (C=O) groups excluding carboxylic acids is 1. The summed E-state index contributed by atoms with van der Waals surface area (Å²) in [6.07, 6.45) is 1.54. The predicted molar refractivity (Wildman–Crippen MR) is 90.0 cm³/mol. The molecular weight excluding hydrogens is 308 g/mol. The Morgan fingerprint density at radius 1 is 1.33 bits per heavy atom. The summed E-state index contributed by atoms with van der Waals surface area (Å²) in [7, 11) is 0. The smallest absolute Gasteiger partial charge is 0.261 e. The van der Waals surface area contributed by atoms with Crippen LogP contribution in [0.1, 0.15) is 30.0 Å². The van der Waals surface area contributed by atoms with Crippen LogP contribution in [0.25, 0.3) is 10.9 Å². The van der Waals surface area contributed by atoms with Crippen LogP contribution in [0.5, 0.6) is 0 Å². The average molecular weight is 326 g/mol. The van der Waals surface area contributed by atoms with E-state index in [0.717, 1.165) is 0 Å². The van der Waals surface area contributed by atoms with Gasteiger partial charge in [-0.15, -0.1) is 0 Å². The summed E-state index contributed by atoms with van der Waals surface area (Å²) >= 11 is 0. The van der Waals surface area contributed by atoms with E-state index in [2.05, 4.69) is 15.5 Å². The molecule has 1 amide bonds. The second-order valence-corrected chi connectivity index (χ2v) is 6.10. The molecule has 0 unspecified atom stereocenters. The number of carbonyl (C=O) groups is 1. The van der Waals surface area contributed by atoms with Crippen LogP contribution < -0.4 is 10.9 Å². The molecule has 7 nitrogen and oxygen atoms in total. The Morgan fingerprint density at radius 3 is 2.79 bits per heavy atom. The Bertz CT molecular complexity index is 956. The van der Waals surface area contributed by atoms with Crippen molar-refractivity contribution in [2.75, 3.05) is 5.32 Å². The van der Waals surface area contributed by atoms with Gasteiger partial charge in [0, 0.05) is 18.2 Å². The standard InChI is InChI=1S/C17H18N4O3/c1-10(2)8-21-9-18-14-5-4-12(7-13(14)17(21)23)16(22)19-15-6-11(3)24-20-15/h4-7,9-10H,8H2,1-3H3,(H,19,20,22). The highest BCUT2D eigenvalue weighted by Gasteiger charge is 2.12. The molecule has 0 aliphatic carbocycles. The van der Waals surface area contributed by atoms with Gasteiger partial charge in [0.25, 0.3) is 11.5 Å². The second-order valence-electron chi connectivity index (χ2n) is 6.10. The molecule has 3 aromatic rings. The lowest BCUT2D eigenvalue weighted by atomic mass is 10.1. The Balaban J connectivity index is 1.96. The third-order valence-electron chi connectivity index (χ3n) is 3.52. The number of amides is 1. The minimum atomic E-state index is -0.358. The number of rotatable bonds is 4. The molecule has 3 rings (SSSR count). The number of nitrogens with one attached hydrogen (secondary N) is 1. The minimum Gasteiger partial charge on any atom is -0.360 e. The summed E-state index contributed by atoms with van der Waals surface area (Å²) in [6, 6.07) is 6.48. The van der Waals surface area contributed by atoms with Gasteiger partial charge in [0.2, 0.25) is 0 Å². The first kappa shape index (κ1) is 15.9. The number of nitrogens with zero attached hydrogens (tertiary/aromatic N) is 3. The van der Waals surface area contributed by atoms with Crippen LogP contribution in [0.2, 0.25) is 0 Å². The van der Waals surface area contributed by atoms with Gasteiger partial charge in [-0.25, -0.2) is 4.98 Å². The molecule has 0 aliphatic heterocycles. The Labute approximate surface area is 138 Å². The normalized spacial score (nSPS) is 11.2. The van der Waals surface area contributed by atoms with Crippen LogP contribution in [0.15, 0.2) is 39.9 Å². The van der Waals surface area contributed by atoms with Crippen molar-refractivity contribution in [3.8, 4) is 0 Å². The summed E-state index contributed by atoms with van der Waals surface area (Å²) in [6.45, 7) is 6.37. The second kappa shape index (κ2) is 6.27. The van der Waals surface area contributed by atoms with Crippen LogP contribution in [0, 0.1) is 12.8 Å². The van der Waals surface area contributed by atoms with Crippen molar-refractivity contribution in [2.45, 2.75) is 27.3 Å². The molecular formula is C17H18N4O3. The zero-order valence-corrected chi connectivity index (χ0v) is 13.7. The van der Waals surface area contributed by atoms with E-state index in [1.807, 2.05) is 13.8 Å². The molecule has 7 heteroatoms. The highest BCUT2D eigenvalue weighted by molar-refractivity contribution is 6.05. The summed E-state index contributed by atoms with van der Waals surface area (Å²) in [4.78, 5) is 29.2. The SMILES string of the molecule is Cc1cc(NC(=O)c2ccc3ncn(CC(C)C)c(=O)c3c2)no1. The van der Waals surface area contributed by atoms with E-state index in [1.54, 1.807) is 42.1 Å². The van der Waals surface area contributed by atoms with Gasteiger partial charge in [0.05, 0.1) is 17.2 Å². The van der Waals surface area contributed by atoms with Crippen LogP contribution >= 0.6 is 0 Å². The fourth-order valence-electron chi connectivity index (χ4n) is 2.44. The molecule has 0 radical (unpaired) electrons. The molecule has 0 fully saturated rings. The number of aryl methyl sites for hydroxylation is 1. The molecule has 124 valence electrons. The number of hydrogen-bond acceptors (Lipinski definition) is 5. The highest BCUT2D eigenvalue weighted by Crippen LogP contribution is 2.13. The van der Waals surface area contributed by atoms with Gasteiger partial charge in [0.15, 0.2) is 5.82 Å². The van der Waals surface area contributed by atoms with E-state index < -0.39 is 0 Å². The number of anilines is 1. The summed E-state index contributed by atoms with van der Waals surface area (Å²) in [5, 5.41) is 6.78. The lowest BCUT2D eigenvalue weighted by molar-refractivity contribution is 0.102. The Kier molecular flexibility index (Phi) is 4.16. The van der Waals surface area contributed by atoms with E-state index in [4.69, 9.17) is 4.52 Å². The quantitative estimate of drug-likeness (QED) is 0.796. The zero-order chi connectivity index (χ0) is 17.3. The van der Waals surface area contributed by atoms with E-state index in [0.29, 0.717) is 40.5 Å². The molecule has 0 aliphatic rings. The zero-order valence-electron chi connectivity index (χ0n) is 13.7. The van der Waals surface area contributed by atoms with Crippen molar-refractivity contribution >= 4 is 22.6 Å². The van der Waals surface area contributed by atoms with Crippen molar-refractivity contribution in [1.29, 1.82) is 0 Å². The summed E-state index contributed by atoms with van der Waals surface area (Å²) in [5.41, 5.74) is 0.777. The monoisotopic (exact) mass is 326 g/mol. The molecule has 0 saturated heterocycles. The molecule has 1 N–H and O–H groups in total. The lowest BCUT2D eigenvalue weighted by Crippen LogP contribution is -2.23. The van der Waals surface area contributed by atoms with E-state index in [9.17, 15) is 9.59 Å². The molecule has 0 atom stereocenters. The highest BCUT2D eigenvalue weighted by atomic mass is 16.5. The molecule has 1 aromatic carbocycles. The lowest BCUT2D eigenvalue weighted by Gasteiger charge is -2.09. The Hall–Kier alpha value is -2.96. The van der Waals surface area contributed by atoms with E-state index >= 15 is 0 Å². The van der Waals surface area contributed by atoms with Crippen molar-refractivity contribution in [3.05, 3.63) is 52.3 Å².